The van der Waals surface area contributed by atoms with Crippen molar-refractivity contribution in [3.05, 3.63) is 71.0 Å². The van der Waals surface area contributed by atoms with E-state index < -0.39 is 23.4 Å². The number of aliphatic carboxylic acids is 1. The molecule has 124 valence electrons. The van der Waals surface area contributed by atoms with Crippen molar-refractivity contribution >= 4 is 12.1 Å². The zero-order valence-corrected chi connectivity index (χ0v) is 12.8. The zero-order valence-electron chi connectivity index (χ0n) is 12.8. The second-order valence-corrected chi connectivity index (χ2v) is 5.70. The van der Waals surface area contributed by atoms with E-state index in [1.54, 1.807) is 12.1 Å². The number of halogens is 1. The van der Waals surface area contributed by atoms with Crippen molar-refractivity contribution in [1.82, 2.24) is 5.32 Å². The molecular weight excluding hydrogens is 313 g/mol. The number of rotatable bonds is 4. The number of ether oxygens (including phenoxy) is 1. The molecule has 0 spiro atoms. The number of carbonyl (C=O) groups is 2. The molecule has 1 amide bonds. The molecule has 1 aliphatic rings. The molecule has 0 aliphatic heterocycles. The van der Waals surface area contributed by atoms with Gasteiger partial charge in [-0.15, -0.1) is 0 Å². The Hall–Kier alpha value is -2.89. The van der Waals surface area contributed by atoms with Crippen LogP contribution < -0.4 is 5.32 Å². The lowest BCUT2D eigenvalue weighted by atomic mass is 9.92. The first-order valence-electron chi connectivity index (χ1n) is 7.52. The van der Waals surface area contributed by atoms with E-state index in [1.807, 2.05) is 18.2 Å². The van der Waals surface area contributed by atoms with Gasteiger partial charge in [0.05, 0.1) is 0 Å². The van der Waals surface area contributed by atoms with E-state index in [0.29, 0.717) is 17.5 Å². The van der Waals surface area contributed by atoms with E-state index in [0.717, 1.165) is 5.56 Å². The van der Waals surface area contributed by atoms with Crippen LogP contribution in [0.5, 0.6) is 0 Å². The van der Waals surface area contributed by atoms with Gasteiger partial charge in [0.2, 0.25) is 0 Å². The maximum absolute atomic E-state index is 13.3. The van der Waals surface area contributed by atoms with Crippen LogP contribution in [0.3, 0.4) is 0 Å². The summed E-state index contributed by atoms with van der Waals surface area (Å²) >= 11 is 0. The number of alkyl carbamates (subject to hydrolysis) is 1. The summed E-state index contributed by atoms with van der Waals surface area (Å²) in [5.41, 5.74) is 0.191. The molecule has 24 heavy (non-hydrogen) atoms. The lowest BCUT2D eigenvalue weighted by Crippen LogP contribution is -2.50. The number of fused-ring (bicyclic) bond motifs is 1. The molecule has 3 rings (SSSR count). The minimum absolute atomic E-state index is 0.0403. The van der Waals surface area contributed by atoms with Gasteiger partial charge in [-0.2, -0.15) is 0 Å². The molecule has 0 heterocycles. The first-order valence-corrected chi connectivity index (χ1v) is 7.52. The van der Waals surface area contributed by atoms with Crippen LogP contribution in [0.2, 0.25) is 0 Å². The Morgan fingerprint density at radius 3 is 2.67 bits per heavy atom. The second-order valence-electron chi connectivity index (χ2n) is 5.70. The molecule has 0 bridgehead atoms. The lowest BCUT2D eigenvalue weighted by Gasteiger charge is -2.26. The summed E-state index contributed by atoms with van der Waals surface area (Å²) in [5.74, 6) is -1.62. The molecule has 2 N–H and O–H groups in total. The Labute approximate surface area is 138 Å². The number of aryl methyl sites for hydroxylation is 1. The number of nitrogens with one attached hydrogen (secondary N) is 1. The van der Waals surface area contributed by atoms with Gasteiger partial charge in [0.25, 0.3) is 0 Å². The largest absolute Gasteiger partial charge is 0.479 e. The van der Waals surface area contributed by atoms with E-state index in [9.17, 15) is 19.1 Å². The minimum atomic E-state index is -1.59. The van der Waals surface area contributed by atoms with Gasteiger partial charge in [-0.25, -0.2) is 14.0 Å². The van der Waals surface area contributed by atoms with E-state index >= 15 is 0 Å². The summed E-state index contributed by atoms with van der Waals surface area (Å²) in [6.07, 6.45) is -0.293. The first-order chi connectivity index (χ1) is 11.5. The summed E-state index contributed by atoms with van der Waals surface area (Å²) in [6, 6.07) is 13.0. The number of carboxylic acid groups (broad SMARTS) is 1. The SMILES string of the molecule is O=C(NC1(C(=O)O)CCc2cc(F)ccc21)OCc1ccccc1. The van der Waals surface area contributed by atoms with Gasteiger partial charge in [-0.3, -0.25) is 0 Å². The highest BCUT2D eigenvalue weighted by molar-refractivity contribution is 5.87. The van der Waals surface area contributed by atoms with Crippen LogP contribution in [0.15, 0.2) is 48.5 Å². The van der Waals surface area contributed by atoms with E-state index in [2.05, 4.69) is 5.32 Å². The maximum atomic E-state index is 13.3. The first kappa shape index (κ1) is 16.0. The fourth-order valence-electron chi connectivity index (χ4n) is 2.98. The molecule has 2 aromatic carbocycles. The van der Waals surface area contributed by atoms with Crippen LogP contribution in [0.1, 0.15) is 23.1 Å². The molecule has 0 saturated heterocycles. The molecule has 0 radical (unpaired) electrons. The molecule has 1 atom stereocenters. The minimum Gasteiger partial charge on any atom is -0.479 e. The molecule has 1 aliphatic carbocycles. The summed E-state index contributed by atoms with van der Waals surface area (Å²) in [7, 11) is 0. The Balaban J connectivity index is 1.76. The summed E-state index contributed by atoms with van der Waals surface area (Å²) < 4.78 is 18.4. The molecule has 1 unspecified atom stereocenters. The van der Waals surface area contributed by atoms with Gasteiger partial charge in [0.15, 0.2) is 5.54 Å². The van der Waals surface area contributed by atoms with Crippen LogP contribution in [-0.4, -0.2) is 17.2 Å². The summed E-state index contributed by atoms with van der Waals surface area (Å²) in [4.78, 5) is 23.9. The standard InChI is InChI=1S/C18H16FNO4/c19-14-6-7-15-13(10-14)8-9-18(15,16(21)22)20-17(23)24-11-12-4-2-1-3-5-12/h1-7,10H,8-9,11H2,(H,20,23)(H,21,22). The average molecular weight is 329 g/mol. The molecule has 2 aromatic rings. The number of carbonyl (C=O) groups excluding carboxylic acids is 1. The van der Waals surface area contributed by atoms with Crippen LogP contribution in [0.25, 0.3) is 0 Å². The van der Waals surface area contributed by atoms with Gasteiger partial charge in [0, 0.05) is 0 Å². The number of amides is 1. The number of hydrogen-bond donors (Lipinski definition) is 2. The highest BCUT2D eigenvalue weighted by Crippen LogP contribution is 2.37. The van der Waals surface area contributed by atoms with Crippen molar-refractivity contribution in [3.8, 4) is 0 Å². The molecule has 0 fully saturated rings. The Morgan fingerprint density at radius 1 is 1.21 bits per heavy atom. The van der Waals surface area contributed by atoms with Crippen molar-refractivity contribution in [3.63, 3.8) is 0 Å². The van der Waals surface area contributed by atoms with E-state index in [4.69, 9.17) is 4.74 Å². The van der Waals surface area contributed by atoms with Gasteiger partial charge >= 0.3 is 12.1 Å². The van der Waals surface area contributed by atoms with Crippen molar-refractivity contribution in [2.75, 3.05) is 0 Å². The smallest absolute Gasteiger partial charge is 0.408 e. The molecule has 5 nitrogen and oxygen atoms in total. The molecule has 0 aromatic heterocycles. The van der Waals surface area contributed by atoms with Gasteiger partial charge in [-0.05, 0) is 41.7 Å². The van der Waals surface area contributed by atoms with Gasteiger partial charge in [0.1, 0.15) is 12.4 Å². The maximum Gasteiger partial charge on any atom is 0.408 e. The Morgan fingerprint density at radius 2 is 1.96 bits per heavy atom. The average Bonchev–Trinajstić information content (AvgIpc) is 2.93. The Kier molecular flexibility index (Phi) is 4.20. The number of benzene rings is 2. The predicted octanol–water partition coefficient (Wildman–Crippen LogP) is 2.98. The van der Waals surface area contributed by atoms with E-state index in [-0.39, 0.29) is 13.0 Å². The van der Waals surface area contributed by atoms with Crippen LogP contribution in [0, 0.1) is 5.82 Å². The fraction of sp³-hybridized carbons (Fsp3) is 0.222. The van der Waals surface area contributed by atoms with Crippen molar-refractivity contribution < 1.29 is 23.8 Å². The number of hydrogen-bond acceptors (Lipinski definition) is 3. The fourth-order valence-corrected chi connectivity index (χ4v) is 2.98. The monoisotopic (exact) mass is 329 g/mol. The lowest BCUT2D eigenvalue weighted by molar-refractivity contribution is -0.145. The van der Waals surface area contributed by atoms with Crippen LogP contribution in [0.4, 0.5) is 9.18 Å². The number of carboxylic acids is 1. The molecule has 0 saturated carbocycles. The summed E-state index contributed by atoms with van der Waals surface area (Å²) in [6.45, 7) is 0.0403. The second kappa shape index (κ2) is 6.31. The third kappa shape index (κ3) is 2.95. The van der Waals surface area contributed by atoms with E-state index in [1.165, 1.54) is 18.2 Å². The van der Waals surface area contributed by atoms with Crippen LogP contribution in [-0.2, 0) is 28.1 Å². The van der Waals surface area contributed by atoms with Gasteiger partial charge in [-0.1, -0.05) is 36.4 Å². The molecular formula is C18H16FNO4. The summed E-state index contributed by atoms with van der Waals surface area (Å²) in [5, 5.41) is 12.1. The van der Waals surface area contributed by atoms with Crippen molar-refractivity contribution in [2.45, 2.75) is 25.0 Å². The van der Waals surface area contributed by atoms with Gasteiger partial charge < -0.3 is 15.2 Å². The van der Waals surface area contributed by atoms with Crippen molar-refractivity contribution in [1.29, 1.82) is 0 Å². The highest BCUT2D eigenvalue weighted by atomic mass is 19.1. The van der Waals surface area contributed by atoms with Crippen molar-refractivity contribution in [2.24, 2.45) is 0 Å². The predicted molar refractivity (Wildman–Crippen MR) is 83.8 cm³/mol. The topological polar surface area (TPSA) is 75.6 Å². The Bertz CT molecular complexity index is 778. The third-order valence-corrected chi connectivity index (χ3v) is 4.19. The molecule has 6 heteroatoms. The zero-order chi connectivity index (χ0) is 17.2. The quantitative estimate of drug-likeness (QED) is 0.904. The normalized spacial score (nSPS) is 18.7. The highest BCUT2D eigenvalue weighted by Gasteiger charge is 2.47. The third-order valence-electron chi connectivity index (χ3n) is 4.19. The van der Waals surface area contributed by atoms with Crippen LogP contribution >= 0.6 is 0 Å².